The molecule has 1 aromatic heterocycles. The maximum absolute atomic E-state index is 13.0. The molecule has 6 heteroatoms. The van der Waals surface area contributed by atoms with Gasteiger partial charge in [0, 0.05) is 16.3 Å². The van der Waals surface area contributed by atoms with Crippen molar-refractivity contribution >= 4 is 34.9 Å². The third kappa shape index (κ3) is 3.41. The third-order valence-electron chi connectivity index (χ3n) is 4.80. The Kier molecular flexibility index (Phi) is 4.91. The van der Waals surface area contributed by atoms with Gasteiger partial charge in [0.25, 0.3) is 5.78 Å². The molecule has 4 rings (SSSR count). The third-order valence-corrected chi connectivity index (χ3v) is 5.05. The number of carbonyl (C=O) groups excluding carboxylic acids is 2. The number of aliphatic hydroxyl groups is 1. The normalized spacial score (nSPS) is 18.3. The monoisotopic (exact) mass is 404 g/mol. The summed E-state index contributed by atoms with van der Waals surface area (Å²) in [4.78, 5) is 31.7. The van der Waals surface area contributed by atoms with E-state index in [9.17, 15) is 14.7 Å². The number of anilines is 1. The minimum Gasteiger partial charge on any atom is -0.507 e. The van der Waals surface area contributed by atoms with Crippen LogP contribution in [0.15, 0.2) is 78.4 Å². The van der Waals surface area contributed by atoms with E-state index in [0.29, 0.717) is 27.7 Å². The van der Waals surface area contributed by atoms with Crippen LogP contribution in [0.1, 0.15) is 22.9 Å². The van der Waals surface area contributed by atoms with Gasteiger partial charge >= 0.3 is 5.91 Å². The summed E-state index contributed by atoms with van der Waals surface area (Å²) in [6, 6.07) is 20.0. The highest BCUT2D eigenvalue weighted by Crippen LogP contribution is 2.41. The van der Waals surface area contributed by atoms with Gasteiger partial charge in [-0.05, 0) is 36.8 Å². The molecule has 29 heavy (non-hydrogen) atoms. The molecule has 1 aliphatic heterocycles. The minimum absolute atomic E-state index is 0.0202. The summed E-state index contributed by atoms with van der Waals surface area (Å²) >= 11 is 6.02. The first-order chi connectivity index (χ1) is 14.0. The van der Waals surface area contributed by atoms with Gasteiger partial charge in [-0.15, -0.1) is 0 Å². The van der Waals surface area contributed by atoms with E-state index >= 15 is 0 Å². The summed E-state index contributed by atoms with van der Waals surface area (Å²) in [7, 11) is 0. The standard InChI is InChI=1S/C23H17ClN2O3/c1-14-6-5-9-18(25-14)26-20(15-10-12-17(24)13-11-15)19(22(28)23(26)29)21(27)16-7-3-2-4-8-16/h2-13,20,27H,1H3/t20-/m0/s1. The second-order valence-corrected chi connectivity index (χ2v) is 7.16. The molecule has 0 radical (unpaired) electrons. The number of carbonyl (C=O) groups is 2. The molecule has 2 heterocycles. The van der Waals surface area contributed by atoms with Crippen LogP contribution in [0.5, 0.6) is 0 Å². The van der Waals surface area contributed by atoms with Crippen molar-refractivity contribution in [3.63, 3.8) is 0 Å². The van der Waals surface area contributed by atoms with Gasteiger partial charge in [0.05, 0.1) is 11.6 Å². The Labute approximate surface area is 172 Å². The summed E-state index contributed by atoms with van der Waals surface area (Å²) in [5.41, 5.74) is 1.84. The highest BCUT2D eigenvalue weighted by molar-refractivity contribution is 6.51. The molecule has 1 N–H and O–H groups in total. The van der Waals surface area contributed by atoms with Crippen molar-refractivity contribution in [3.8, 4) is 0 Å². The number of aryl methyl sites for hydroxylation is 1. The van der Waals surface area contributed by atoms with Gasteiger partial charge in [-0.25, -0.2) is 4.98 Å². The lowest BCUT2D eigenvalue weighted by atomic mass is 9.95. The zero-order valence-corrected chi connectivity index (χ0v) is 16.3. The summed E-state index contributed by atoms with van der Waals surface area (Å²) in [6.45, 7) is 1.81. The van der Waals surface area contributed by atoms with Crippen molar-refractivity contribution in [2.75, 3.05) is 4.90 Å². The topological polar surface area (TPSA) is 70.5 Å². The predicted octanol–water partition coefficient (Wildman–Crippen LogP) is 4.67. The molecule has 0 aliphatic carbocycles. The zero-order valence-electron chi connectivity index (χ0n) is 15.5. The second kappa shape index (κ2) is 7.53. The lowest BCUT2D eigenvalue weighted by Crippen LogP contribution is -2.30. The predicted molar refractivity (Wildman–Crippen MR) is 112 cm³/mol. The van der Waals surface area contributed by atoms with Crippen molar-refractivity contribution in [2.24, 2.45) is 0 Å². The molecule has 0 bridgehead atoms. The number of hydrogen-bond acceptors (Lipinski definition) is 4. The molecule has 1 saturated heterocycles. The maximum Gasteiger partial charge on any atom is 0.301 e. The molecule has 1 aliphatic rings. The first kappa shape index (κ1) is 18.9. The van der Waals surface area contributed by atoms with Crippen molar-refractivity contribution in [1.29, 1.82) is 0 Å². The fraction of sp³-hybridized carbons (Fsp3) is 0.0870. The molecule has 3 aromatic rings. The molecule has 1 atom stereocenters. The minimum atomic E-state index is -0.818. The zero-order chi connectivity index (χ0) is 20.5. The van der Waals surface area contributed by atoms with E-state index in [1.165, 1.54) is 4.90 Å². The Morgan fingerprint density at radius 3 is 2.31 bits per heavy atom. The van der Waals surface area contributed by atoms with E-state index in [1.54, 1.807) is 73.7 Å². The molecular weight excluding hydrogens is 388 g/mol. The fourth-order valence-electron chi connectivity index (χ4n) is 3.44. The van der Waals surface area contributed by atoms with Gasteiger partial charge in [0.2, 0.25) is 0 Å². The Hall–Kier alpha value is -3.44. The van der Waals surface area contributed by atoms with Crippen LogP contribution in [0, 0.1) is 6.92 Å². The summed E-state index contributed by atoms with van der Waals surface area (Å²) < 4.78 is 0. The first-order valence-electron chi connectivity index (χ1n) is 9.03. The van der Waals surface area contributed by atoms with Gasteiger partial charge in [0.1, 0.15) is 11.6 Å². The maximum atomic E-state index is 13.0. The number of rotatable bonds is 3. The molecule has 144 valence electrons. The number of aliphatic hydroxyl groups excluding tert-OH is 1. The lowest BCUT2D eigenvalue weighted by Gasteiger charge is -2.24. The summed E-state index contributed by atoms with van der Waals surface area (Å²) in [6.07, 6.45) is 0. The van der Waals surface area contributed by atoms with Crippen molar-refractivity contribution in [2.45, 2.75) is 13.0 Å². The molecular formula is C23H17ClN2O3. The highest BCUT2D eigenvalue weighted by Gasteiger charge is 2.47. The van der Waals surface area contributed by atoms with Crippen LogP contribution in [0.25, 0.3) is 5.76 Å². The van der Waals surface area contributed by atoms with E-state index in [4.69, 9.17) is 11.6 Å². The average molecular weight is 405 g/mol. The van der Waals surface area contributed by atoms with Gasteiger partial charge < -0.3 is 5.11 Å². The number of hydrogen-bond donors (Lipinski definition) is 1. The van der Waals surface area contributed by atoms with E-state index in [-0.39, 0.29) is 11.3 Å². The van der Waals surface area contributed by atoms with E-state index in [1.807, 2.05) is 6.07 Å². The smallest absolute Gasteiger partial charge is 0.301 e. The van der Waals surface area contributed by atoms with Gasteiger partial charge in [-0.1, -0.05) is 60.1 Å². The Morgan fingerprint density at radius 2 is 1.66 bits per heavy atom. The number of aromatic nitrogens is 1. The summed E-state index contributed by atoms with van der Waals surface area (Å²) in [5.74, 6) is -1.37. The molecule has 0 saturated carbocycles. The van der Waals surface area contributed by atoms with Gasteiger partial charge in [0.15, 0.2) is 0 Å². The van der Waals surface area contributed by atoms with Crippen LogP contribution in [0.3, 0.4) is 0 Å². The number of nitrogens with zero attached hydrogens (tertiary/aromatic N) is 2. The van der Waals surface area contributed by atoms with Crippen LogP contribution >= 0.6 is 11.6 Å². The Bertz CT molecular complexity index is 1120. The van der Waals surface area contributed by atoms with Crippen molar-refractivity contribution in [1.82, 2.24) is 4.98 Å². The second-order valence-electron chi connectivity index (χ2n) is 6.72. The number of benzene rings is 2. The number of ketones is 1. The van der Waals surface area contributed by atoms with Crippen LogP contribution in [-0.4, -0.2) is 21.8 Å². The Balaban J connectivity index is 1.96. The largest absolute Gasteiger partial charge is 0.507 e. The van der Waals surface area contributed by atoms with Crippen molar-refractivity contribution < 1.29 is 14.7 Å². The quantitative estimate of drug-likeness (QED) is 0.391. The molecule has 5 nitrogen and oxygen atoms in total. The number of pyridine rings is 1. The van der Waals surface area contributed by atoms with Crippen LogP contribution in [-0.2, 0) is 9.59 Å². The average Bonchev–Trinajstić information content (AvgIpc) is 2.99. The van der Waals surface area contributed by atoms with E-state index < -0.39 is 17.7 Å². The number of amides is 1. The van der Waals surface area contributed by atoms with Crippen LogP contribution in [0.4, 0.5) is 5.82 Å². The Morgan fingerprint density at radius 1 is 0.966 bits per heavy atom. The SMILES string of the molecule is Cc1cccc(N2C(=O)C(=O)C(=C(O)c3ccccc3)[C@@H]2c2ccc(Cl)cc2)n1. The molecule has 2 aromatic carbocycles. The van der Waals surface area contributed by atoms with Crippen LogP contribution in [0.2, 0.25) is 5.02 Å². The van der Waals surface area contributed by atoms with Gasteiger partial charge in [-0.3, -0.25) is 14.5 Å². The highest BCUT2D eigenvalue weighted by atomic mass is 35.5. The summed E-state index contributed by atoms with van der Waals surface area (Å²) in [5, 5.41) is 11.5. The first-order valence-corrected chi connectivity index (χ1v) is 9.40. The van der Waals surface area contributed by atoms with E-state index in [2.05, 4.69) is 4.98 Å². The molecule has 1 fully saturated rings. The van der Waals surface area contributed by atoms with Crippen molar-refractivity contribution in [3.05, 3.63) is 100 Å². The number of halogens is 1. The molecule has 0 unspecified atom stereocenters. The van der Waals surface area contributed by atoms with E-state index in [0.717, 1.165) is 0 Å². The molecule has 0 spiro atoms. The van der Waals surface area contributed by atoms with Gasteiger partial charge in [-0.2, -0.15) is 0 Å². The fourth-order valence-corrected chi connectivity index (χ4v) is 3.57. The lowest BCUT2D eigenvalue weighted by molar-refractivity contribution is -0.132. The number of Topliss-reactive ketones (excluding diaryl/α,β-unsaturated/α-hetero) is 1. The van der Waals surface area contributed by atoms with Crippen LogP contribution < -0.4 is 4.90 Å². The molecule has 1 amide bonds.